The molecule has 19 N–H and O–H groups in total. The molecule has 30 atom stereocenters. The Morgan fingerprint density at radius 3 is 1.35 bits per heavy atom. The van der Waals surface area contributed by atoms with E-state index in [-0.39, 0.29) is 0 Å². The third kappa shape index (κ3) is 12.8. The van der Waals surface area contributed by atoms with Gasteiger partial charge in [-0.1, -0.05) is 0 Å². The Labute approximate surface area is 408 Å². The quantitative estimate of drug-likeness (QED) is 0.0643. The van der Waals surface area contributed by atoms with Gasteiger partial charge in [0.15, 0.2) is 37.7 Å². The molecule has 6 rings (SSSR count). The average molecular weight is 1060 g/mol. The Morgan fingerprint density at radius 2 is 0.792 bits per heavy atom. The zero-order chi connectivity index (χ0) is 53.2. The molecule has 6 aliphatic heterocycles. The minimum Gasteiger partial charge on any atom is -0.394 e. The summed E-state index contributed by atoms with van der Waals surface area (Å²) in [5.74, 6) is -1.63. The van der Waals surface area contributed by atoms with Gasteiger partial charge in [-0.2, -0.15) is 0 Å². The standard InChI is InChI=1S/C40H68N2O30/c1-9-19(48)25(54)28(57)37(64-9)62-7-15-22(51)27(56)30(59)39(69-15)70-32-14(6-45)68-40(31(60)34(32)72-36-17(41-10(2)46)24(53)20(49)12(4-43)66-36)71-33-18(42-11(3)47)35(61)65-16(23(33)52)8-63-38-29(58)26(55)21(50)13(5-44)67-38/h9,12-40,43-45,48-61H,4-8H2,1-3H3,(H,41,46)(H,42,47)/t9-,12+,13+,14+,15+,16+,17+,18+,19-,20+,21+,22+,23+,24+,25+,26-,27-,28+,29+,30+,31+,32-,33+,34+,35+,36-,37+,38-,39+,40+/m0/s1. The summed E-state index contributed by atoms with van der Waals surface area (Å²) in [6, 6.07) is -3.43. The van der Waals surface area contributed by atoms with E-state index >= 15 is 0 Å². The lowest BCUT2D eigenvalue weighted by molar-refractivity contribution is -0.393. The molecule has 0 spiro atoms. The minimum atomic E-state index is -2.31. The minimum absolute atomic E-state index is 0.758. The molecule has 32 heteroatoms. The number of aliphatic hydroxyl groups excluding tert-OH is 17. The van der Waals surface area contributed by atoms with Gasteiger partial charge in [0.05, 0.1) is 39.1 Å². The van der Waals surface area contributed by atoms with Crippen molar-refractivity contribution in [2.45, 2.75) is 205 Å². The Morgan fingerprint density at radius 1 is 0.389 bits per heavy atom. The zero-order valence-corrected chi connectivity index (χ0v) is 38.8. The van der Waals surface area contributed by atoms with E-state index in [0.29, 0.717) is 0 Å². The molecule has 0 aliphatic carbocycles. The van der Waals surface area contributed by atoms with E-state index in [2.05, 4.69) is 10.6 Å². The van der Waals surface area contributed by atoms with Crippen LogP contribution in [0.5, 0.6) is 0 Å². The highest BCUT2D eigenvalue weighted by Crippen LogP contribution is 2.36. The first kappa shape index (κ1) is 59.1. The van der Waals surface area contributed by atoms with Crippen LogP contribution in [-0.4, -0.2) is 316 Å². The van der Waals surface area contributed by atoms with E-state index in [0.717, 1.165) is 13.8 Å². The van der Waals surface area contributed by atoms with Gasteiger partial charge in [0, 0.05) is 13.8 Å². The maximum Gasteiger partial charge on any atom is 0.217 e. The summed E-state index contributed by atoms with van der Waals surface area (Å²) in [4.78, 5) is 24.8. The second kappa shape index (κ2) is 25.3. The van der Waals surface area contributed by atoms with Crippen molar-refractivity contribution in [1.29, 1.82) is 0 Å². The fourth-order valence-corrected chi connectivity index (χ4v) is 9.05. The molecule has 72 heavy (non-hydrogen) atoms. The van der Waals surface area contributed by atoms with Crippen molar-refractivity contribution in [2.24, 2.45) is 0 Å². The molecule has 32 nitrogen and oxygen atoms in total. The van der Waals surface area contributed by atoms with Crippen LogP contribution in [0.3, 0.4) is 0 Å². The van der Waals surface area contributed by atoms with E-state index < -0.39 is 229 Å². The van der Waals surface area contributed by atoms with Gasteiger partial charge in [-0.25, -0.2) is 0 Å². The molecule has 2 amide bonds. The maximum atomic E-state index is 12.4. The van der Waals surface area contributed by atoms with Gasteiger partial charge in [0.25, 0.3) is 0 Å². The van der Waals surface area contributed by atoms with Crippen LogP contribution in [0, 0.1) is 0 Å². The molecule has 6 fully saturated rings. The van der Waals surface area contributed by atoms with E-state index in [1.54, 1.807) is 0 Å². The van der Waals surface area contributed by atoms with Crippen LogP contribution in [0.1, 0.15) is 20.8 Å². The van der Waals surface area contributed by atoms with Gasteiger partial charge in [0.1, 0.15) is 140 Å². The number of carbonyl (C=O) groups is 2. The molecule has 418 valence electrons. The number of ether oxygens (including phenoxy) is 11. The monoisotopic (exact) mass is 1060 g/mol. The fourth-order valence-electron chi connectivity index (χ4n) is 9.05. The topological polar surface area (TPSA) is 504 Å². The van der Waals surface area contributed by atoms with Crippen molar-refractivity contribution in [1.82, 2.24) is 10.6 Å². The number of nitrogens with one attached hydrogen (secondary N) is 2. The predicted molar refractivity (Wildman–Crippen MR) is 221 cm³/mol. The van der Waals surface area contributed by atoms with Gasteiger partial charge in [-0.15, -0.1) is 0 Å². The summed E-state index contributed by atoms with van der Waals surface area (Å²) < 4.78 is 62.9. The van der Waals surface area contributed by atoms with Gasteiger partial charge >= 0.3 is 0 Å². The van der Waals surface area contributed by atoms with E-state index in [4.69, 9.17) is 52.1 Å². The van der Waals surface area contributed by atoms with Gasteiger partial charge in [-0.05, 0) is 6.92 Å². The smallest absolute Gasteiger partial charge is 0.217 e. The summed E-state index contributed by atoms with van der Waals surface area (Å²) in [7, 11) is 0. The van der Waals surface area contributed by atoms with Gasteiger partial charge in [0.2, 0.25) is 11.8 Å². The maximum absolute atomic E-state index is 12.4. The molecule has 6 heterocycles. The van der Waals surface area contributed by atoms with Crippen molar-refractivity contribution in [3.63, 3.8) is 0 Å². The predicted octanol–water partition coefficient (Wildman–Crippen LogP) is -12.8. The number of carbonyl (C=O) groups excluding carboxylic acids is 2. The van der Waals surface area contributed by atoms with E-state index in [9.17, 15) is 96.4 Å². The van der Waals surface area contributed by atoms with Crippen LogP contribution in [0.15, 0.2) is 0 Å². The summed E-state index contributed by atoms with van der Waals surface area (Å²) in [6.07, 6.45) is -51.9. The molecule has 6 aliphatic rings. The Bertz CT molecular complexity index is 1730. The number of hydrogen-bond donors (Lipinski definition) is 19. The number of aliphatic hydroxyl groups is 17. The van der Waals surface area contributed by atoms with E-state index in [1.807, 2.05) is 0 Å². The first-order chi connectivity index (χ1) is 33.9. The Kier molecular flexibility index (Phi) is 20.8. The van der Waals surface area contributed by atoms with Crippen molar-refractivity contribution >= 4 is 11.8 Å². The first-order valence-electron chi connectivity index (χ1n) is 23.0. The van der Waals surface area contributed by atoms with Gasteiger partial charge < -0.3 is 150 Å². The highest BCUT2D eigenvalue weighted by atomic mass is 16.8. The molecule has 0 saturated carbocycles. The molecule has 0 unspecified atom stereocenters. The molecular formula is C40H68N2O30. The molecule has 0 radical (unpaired) electrons. The third-order valence-electron chi connectivity index (χ3n) is 13.2. The van der Waals surface area contributed by atoms with Crippen LogP contribution in [0.2, 0.25) is 0 Å². The SMILES string of the molecule is CC(=O)N[C@@H]1[C@@H](O[C@H]2O[C@H](CO)[C@H](O[C@H]3O[C@H](CO[C@@H]4O[C@@H](C)[C@H](O)[C@@H](O)[C@H]4O)[C@@H](O)[C@H](O)[C@H]3O)[C@H](O[C@@H]3O[C@H](CO)[C@@H](O)[C@H](O)[C@H]3NC(C)=O)[C@H]2O)[C@H](O)[C@@H](CO[C@H]2O[C@H](CO)[C@@H](O)[C@H](O)[C@H]2O)O[C@H]1O. The summed E-state index contributed by atoms with van der Waals surface area (Å²) in [6.45, 7) is -1.06. The van der Waals surface area contributed by atoms with Crippen LogP contribution in [-0.2, 0) is 61.7 Å². The van der Waals surface area contributed by atoms with E-state index in [1.165, 1.54) is 6.92 Å². The Balaban J connectivity index is 1.29. The lowest BCUT2D eigenvalue weighted by Gasteiger charge is -2.51. The van der Waals surface area contributed by atoms with Crippen LogP contribution < -0.4 is 10.6 Å². The molecule has 0 aromatic heterocycles. The number of rotatable bonds is 17. The number of hydrogen-bond acceptors (Lipinski definition) is 30. The normalized spacial score (nSPS) is 50.3. The highest BCUT2D eigenvalue weighted by molar-refractivity contribution is 5.73. The summed E-state index contributed by atoms with van der Waals surface area (Å²) in [5.41, 5.74) is 0. The first-order valence-corrected chi connectivity index (χ1v) is 23.0. The fraction of sp³-hybridized carbons (Fsp3) is 0.950. The highest BCUT2D eigenvalue weighted by Gasteiger charge is 2.57. The molecule has 0 bridgehead atoms. The van der Waals surface area contributed by atoms with Crippen molar-refractivity contribution in [3.05, 3.63) is 0 Å². The lowest BCUT2D eigenvalue weighted by atomic mass is 9.94. The number of amides is 2. The molecule has 6 saturated heterocycles. The van der Waals surface area contributed by atoms with Crippen molar-refractivity contribution in [2.75, 3.05) is 33.0 Å². The molecular weight excluding hydrogens is 988 g/mol. The van der Waals surface area contributed by atoms with Crippen molar-refractivity contribution < 1.29 is 149 Å². The van der Waals surface area contributed by atoms with Crippen LogP contribution in [0.4, 0.5) is 0 Å². The summed E-state index contributed by atoms with van der Waals surface area (Å²) in [5, 5.41) is 187. The third-order valence-corrected chi connectivity index (χ3v) is 13.2. The molecule has 0 aromatic carbocycles. The Hall–Kier alpha value is -2.18. The zero-order valence-electron chi connectivity index (χ0n) is 38.8. The second-order valence-electron chi connectivity index (χ2n) is 18.3. The van der Waals surface area contributed by atoms with Crippen LogP contribution >= 0.6 is 0 Å². The van der Waals surface area contributed by atoms with Gasteiger partial charge in [-0.3, -0.25) is 9.59 Å². The average Bonchev–Trinajstić information content (AvgIpc) is 3.34. The lowest BCUT2D eigenvalue weighted by Crippen LogP contribution is -2.70. The summed E-state index contributed by atoms with van der Waals surface area (Å²) >= 11 is 0. The molecule has 0 aromatic rings. The largest absolute Gasteiger partial charge is 0.394 e. The second-order valence-corrected chi connectivity index (χ2v) is 18.3. The van der Waals surface area contributed by atoms with Crippen LogP contribution in [0.25, 0.3) is 0 Å². The van der Waals surface area contributed by atoms with Crippen molar-refractivity contribution in [3.8, 4) is 0 Å².